The van der Waals surface area contributed by atoms with E-state index in [1.165, 1.54) is 69.6 Å². The summed E-state index contributed by atoms with van der Waals surface area (Å²) in [6.07, 6.45) is 1.43. The Labute approximate surface area is 255 Å². The second-order valence-corrected chi connectivity index (χ2v) is 12.6. The Balaban J connectivity index is 1.70. The number of fused-ring (bicyclic) bond motifs is 1. The Morgan fingerprint density at radius 2 is 1.77 bits per heavy atom. The van der Waals surface area contributed by atoms with Gasteiger partial charge in [0.1, 0.15) is 5.82 Å². The summed E-state index contributed by atoms with van der Waals surface area (Å²) in [5.41, 5.74) is 2.50. The number of pyridine rings is 1. The molecule has 6 rings (SSSR count). The van der Waals surface area contributed by atoms with E-state index in [2.05, 4.69) is 4.85 Å². The molecule has 44 heavy (non-hydrogen) atoms. The summed E-state index contributed by atoms with van der Waals surface area (Å²) in [5, 5.41) is 2.35. The van der Waals surface area contributed by atoms with Crippen molar-refractivity contribution in [1.82, 2.24) is 8.54 Å². The number of thiophene rings is 1. The van der Waals surface area contributed by atoms with E-state index in [-0.39, 0.29) is 21.7 Å². The molecule has 0 saturated heterocycles. The lowest BCUT2D eigenvalue weighted by Crippen LogP contribution is -2.19. The zero-order valence-electron chi connectivity index (χ0n) is 23.3. The molecule has 3 aromatic heterocycles. The van der Waals surface area contributed by atoms with Crippen molar-refractivity contribution in [3.05, 3.63) is 135 Å². The van der Waals surface area contributed by atoms with Crippen molar-refractivity contribution in [3.63, 3.8) is 0 Å². The molecule has 11 heteroatoms. The highest BCUT2D eigenvalue weighted by molar-refractivity contribution is 7.90. The van der Waals surface area contributed by atoms with Gasteiger partial charge in [0.2, 0.25) is 5.00 Å². The van der Waals surface area contributed by atoms with E-state index in [1.54, 1.807) is 47.8 Å². The Kier molecular flexibility index (Phi) is 7.25. The summed E-state index contributed by atoms with van der Waals surface area (Å²) >= 11 is 1.19. The van der Waals surface area contributed by atoms with E-state index in [1.807, 2.05) is 6.92 Å². The predicted octanol–water partition coefficient (Wildman–Crippen LogP) is 7.21. The number of hydrogen-bond acceptors (Lipinski definition) is 6. The third-order valence-electron chi connectivity index (χ3n) is 7.20. The van der Waals surface area contributed by atoms with Crippen LogP contribution in [-0.2, 0) is 14.8 Å². The first-order valence-corrected chi connectivity index (χ1v) is 15.5. The van der Waals surface area contributed by atoms with Gasteiger partial charge >= 0.3 is 5.97 Å². The molecule has 0 bridgehead atoms. The molecule has 0 N–H and O–H groups in total. The van der Waals surface area contributed by atoms with Gasteiger partial charge in [-0.15, -0.1) is 0 Å². The largest absolute Gasteiger partial charge is 0.465 e. The van der Waals surface area contributed by atoms with Crippen molar-refractivity contribution in [2.45, 2.75) is 11.8 Å². The van der Waals surface area contributed by atoms with Gasteiger partial charge in [0.15, 0.2) is 0 Å². The molecule has 0 saturated carbocycles. The first-order valence-electron chi connectivity index (χ1n) is 13.2. The monoisotopic (exact) mass is 623 g/mol. The van der Waals surface area contributed by atoms with Crippen molar-refractivity contribution in [2.75, 3.05) is 7.11 Å². The number of rotatable bonds is 6. The van der Waals surface area contributed by atoms with E-state index >= 15 is 0 Å². The highest BCUT2D eigenvalue weighted by Crippen LogP contribution is 2.47. The molecule has 0 radical (unpaired) electrons. The molecule has 6 aromatic rings. The van der Waals surface area contributed by atoms with Crippen molar-refractivity contribution < 1.29 is 22.3 Å². The zero-order chi connectivity index (χ0) is 31.2. The Morgan fingerprint density at radius 3 is 2.48 bits per heavy atom. The maximum atomic E-state index is 14.8. The van der Waals surface area contributed by atoms with Crippen molar-refractivity contribution >= 4 is 43.2 Å². The van der Waals surface area contributed by atoms with Gasteiger partial charge in [-0.05, 0) is 60.8 Å². The molecule has 218 valence electrons. The Bertz CT molecular complexity index is 2310. The number of aromatic nitrogens is 2. The van der Waals surface area contributed by atoms with Gasteiger partial charge in [-0.1, -0.05) is 35.9 Å². The van der Waals surface area contributed by atoms with Gasteiger partial charge in [-0.2, -0.15) is 11.3 Å². The fourth-order valence-electron chi connectivity index (χ4n) is 5.15. The molecular weight excluding hydrogens is 602 g/mol. The lowest BCUT2D eigenvalue weighted by atomic mass is 9.99. The summed E-state index contributed by atoms with van der Waals surface area (Å²) < 4.78 is 50.9. The van der Waals surface area contributed by atoms with E-state index in [9.17, 15) is 22.4 Å². The quantitative estimate of drug-likeness (QED) is 0.144. The number of hydrogen-bond donors (Lipinski definition) is 0. The van der Waals surface area contributed by atoms with E-state index in [4.69, 9.17) is 11.3 Å². The minimum atomic E-state index is -4.27. The molecule has 0 fully saturated rings. The molecule has 0 atom stereocenters. The maximum Gasteiger partial charge on any atom is 0.338 e. The van der Waals surface area contributed by atoms with Crippen molar-refractivity contribution in [1.29, 1.82) is 0 Å². The van der Waals surface area contributed by atoms with Gasteiger partial charge in [0.25, 0.3) is 15.6 Å². The SMILES string of the molecule is [C-]#[N+]c1sccc1-c1c(-c2cccc(-n3ccc(C(=O)OC)cc3=O)c2)n(S(=O)(=O)c2ccc(C)cc2)c2ccc(F)cc12. The molecule has 8 nitrogen and oxygen atoms in total. The second kappa shape index (κ2) is 11.1. The average Bonchev–Trinajstić information content (AvgIpc) is 3.63. The minimum Gasteiger partial charge on any atom is -0.465 e. The molecule has 0 aliphatic carbocycles. The molecular formula is C33H22FN3O5S2. The van der Waals surface area contributed by atoms with Gasteiger partial charge in [0, 0.05) is 40.0 Å². The first-order chi connectivity index (χ1) is 21.1. The van der Waals surface area contributed by atoms with Gasteiger partial charge < -0.3 is 4.74 Å². The molecule has 0 unspecified atom stereocenters. The van der Waals surface area contributed by atoms with Crippen LogP contribution in [0.1, 0.15) is 15.9 Å². The van der Waals surface area contributed by atoms with Gasteiger partial charge in [0.05, 0.1) is 35.4 Å². The number of benzene rings is 3. The summed E-state index contributed by atoms with van der Waals surface area (Å²) in [5.74, 6) is -1.22. The first kappa shape index (κ1) is 28.8. The summed E-state index contributed by atoms with van der Waals surface area (Å²) in [4.78, 5) is 28.7. The normalized spacial score (nSPS) is 11.4. The second-order valence-electron chi connectivity index (χ2n) is 9.88. The number of ether oxygens (including phenoxy) is 1. The Hall–Kier alpha value is -5.31. The van der Waals surface area contributed by atoms with Crippen LogP contribution in [0.3, 0.4) is 0 Å². The fraction of sp³-hybridized carbons (Fsp3) is 0.0606. The molecule has 0 aliphatic rings. The number of nitrogens with zero attached hydrogens (tertiary/aromatic N) is 3. The van der Waals surface area contributed by atoms with E-state index in [0.29, 0.717) is 32.8 Å². The number of methoxy groups -OCH3 is 1. The number of halogens is 1. The van der Waals surface area contributed by atoms with Crippen LogP contribution in [0.2, 0.25) is 0 Å². The lowest BCUT2D eigenvalue weighted by Gasteiger charge is -2.15. The number of aryl methyl sites for hydroxylation is 1. The molecule has 3 heterocycles. The molecule has 0 spiro atoms. The van der Waals surface area contributed by atoms with Crippen molar-refractivity contribution in [2.24, 2.45) is 0 Å². The molecule has 0 aliphatic heterocycles. The van der Waals surface area contributed by atoms with Crippen LogP contribution >= 0.6 is 11.3 Å². The smallest absolute Gasteiger partial charge is 0.338 e. The zero-order valence-corrected chi connectivity index (χ0v) is 24.9. The highest BCUT2D eigenvalue weighted by atomic mass is 32.2. The topological polar surface area (TPSA) is 91.7 Å². The lowest BCUT2D eigenvalue weighted by molar-refractivity contribution is 0.0600. The third-order valence-corrected chi connectivity index (χ3v) is 9.73. The van der Waals surface area contributed by atoms with Gasteiger partial charge in [-0.3, -0.25) is 9.36 Å². The highest BCUT2D eigenvalue weighted by Gasteiger charge is 2.30. The van der Waals surface area contributed by atoms with Crippen LogP contribution in [0, 0.1) is 19.3 Å². The third kappa shape index (κ3) is 4.80. The minimum absolute atomic E-state index is 0.0265. The molecule has 0 amide bonds. The van der Waals surface area contributed by atoms with Crippen LogP contribution in [0.25, 0.3) is 43.8 Å². The standard InChI is InChI=1S/C33H22FN3O5S2/c1-20-7-10-25(11-8-20)44(40,41)37-28-12-9-23(34)19-27(28)30(26-14-16-43-32(26)35-2)31(37)21-5-4-6-24(17-21)36-15-13-22(18-29(36)38)33(39)42-3/h4-19H,1,3H3. The summed E-state index contributed by atoms with van der Waals surface area (Å²) in [6.45, 7) is 9.61. The fourth-order valence-corrected chi connectivity index (χ4v) is 7.38. The average molecular weight is 624 g/mol. The van der Waals surface area contributed by atoms with Crippen LogP contribution < -0.4 is 5.56 Å². The van der Waals surface area contributed by atoms with Crippen LogP contribution in [0.5, 0.6) is 0 Å². The Morgan fingerprint density at radius 1 is 1.00 bits per heavy atom. The van der Waals surface area contributed by atoms with Crippen LogP contribution in [0.4, 0.5) is 9.39 Å². The summed E-state index contributed by atoms with van der Waals surface area (Å²) in [6, 6.07) is 21.2. The van der Waals surface area contributed by atoms with Crippen molar-refractivity contribution in [3.8, 4) is 28.1 Å². The van der Waals surface area contributed by atoms with E-state index < -0.39 is 27.4 Å². The maximum absolute atomic E-state index is 14.8. The van der Waals surface area contributed by atoms with Gasteiger partial charge in [-0.25, -0.2) is 26.4 Å². The summed E-state index contributed by atoms with van der Waals surface area (Å²) in [7, 11) is -3.05. The molecule has 3 aromatic carbocycles. The number of esters is 1. The predicted molar refractivity (Wildman–Crippen MR) is 168 cm³/mol. The number of carbonyl (C=O) groups excluding carboxylic acids is 1. The van der Waals surface area contributed by atoms with Crippen LogP contribution in [-0.4, -0.2) is 30.0 Å². The van der Waals surface area contributed by atoms with Crippen LogP contribution in [0.15, 0.2) is 106 Å². The van der Waals surface area contributed by atoms with E-state index in [0.717, 1.165) is 11.6 Å². The number of carbonyl (C=O) groups is 1.